The Balaban J connectivity index is 2.09. The number of hydrogen-bond acceptors (Lipinski definition) is 6. The zero-order valence-corrected chi connectivity index (χ0v) is 13.6. The molecule has 0 bridgehead atoms. The maximum atomic E-state index is 11.6. The summed E-state index contributed by atoms with van der Waals surface area (Å²) in [6, 6.07) is 9.40. The zero-order chi connectivity index (χ0) is 16.2. The standard InChI is InChI=1S/C16H23NO4S/c1-2-20-16(19)12-22-11-14(17)8-9-15(18)21-10-13-6-4-3-5-7-13/h3-7,14H,2,8-12,17H2,1H3/t14-/m0/s1. The Morgan fingerprint density at radius 2 is 1.91 bits per heavy atom. The van der Waals surface area contributed by atoms with Gasteiger partial charge in [0.15, 0.2) is 0 Å². The molecule has 22 heavy (non-hydrogen) atoms. The lowest BCUT2D eigenvalue weighted by Crippen LogP contribution is -2.25. The highest BCUT2D eigenvalue weighted by atomic mass is 32.2. The first kappa shape index (κ1) is 18.5. The van der Waals surface area contributed by atoms with Crippen LogP contribution in [0.5, 0.6) is 0 Å². The Morgan fingerprint density at radius 1 is 1.18 bits per heavy atom. The minimum Gasteiger partial charge on any atom is -0.465 e. The number of benzene rings is 1. The third-order valence-electron chi connectivity index (χ3n) is 2.82. The molecule has 0 saturated carbocycles. The second-order valence-corrected chi connectivity index (χ2v) is 5.80. The molecule has 0 spiro atoms. The van der Waals surface area contributed by atoms with Gasteiger partial charge in [0.1, 0.15) is 6.61 Å². The Morgan fingerprint density at radius 3 is 2.59 bits per heavy atom. The number of thioether (sulfide) groups is 1. The summed E-state index contributed by atoms with van der Waals surface area (Å²) in [6.45, 7) is 2.45. The lowest BCUT2D eigenvalue weighted by molar-refractivity contribution is -0.145. The van der Waals surface area contributed by atoms with E-state index in [2.05, 4.69) is 0 Å². The van der Waals surface area contributed by atoms with Crippen LogP contribution in [0.2, 0.25) is 0 Å². The third-order valence-corrected chi connectivity index (χ3v) is 3.92. The molecule has 6 heteroatoms. The summed E-state index contributed by atoms with van der Waals surface area (Å²) in [4.78, 5) is 22.8. The SMILES string of the molecule is CCOC(=O)CSC[C@@H](N)CCC(=O)OCc1ccccc1. The van der Waals surface area contributed by atoms with Crippen LogP contribution in [0, 0.1) is 0 Å². The molecule has 1 atom stereocenters. The monoisotopic (exact) mass is 325 g/mol. The van der Waals surface area contributed by atoms with Crippen molar-refractivity contribution < 1.29 is 19.1 Å². The molecule has 0 heterocycles. The fourth-order valence-electron chi connectivity index (χ4n) is 1.69. The zero-order valence-electron chi connectivity index (χ0n) is 12.8. The molecule has 2 N–H and O–H groups in total. The number of rotatable bonds is 10. The molecule has 122 valence electrons. The minimum atomic E-state index is -0.255. The van der Waals surface area contributed by atoms with Crippen molar-refractivity contribution in [1.29, 1.82) is 0 Å². The van der Waals surface area contributed by atoms with Gasteiger partial charge < -0.3 is 15.2 Å². The van der Waals surface area contributed by atoms with E-state index in [1.165, 1.54) is 11.8 Å². The topological polar surface area (TPSA) is 78.6 Å². The molecular weight excluding hydrogens is 302 g/mol. The van der Waals surface area contributed by atoms with Gasteiger partial charge in [-0.15, -0.1) is 11.8 Å². The second kappa shape index (κ2) is 11.1. The summed E-state index contributed by atoms with van der Waals surface area (Å²) in [5, 5.41) is 0. The van der Waals surface area contributed by atoms with Crippen LogP contribution < -0.4 is 5.73 Å². The lowest BCUT2D eigenvalue weighted by Gasteiger charge is -2.11. The molecule has 1 aromatic rings. The van der Waals surface area contributed by atoms with Crippen molar-refractivity contribution in [1.82, 2.24) is 0 Å². The highest BCUT2D eigenvalue weighted by molar-refractivity contribution is 7.99. The van der Waals surface area contributed by atoms with Crippen molar-refractivity contribution in [2.24, 2.45) is 5.73 Å². The Kier molecular flexibility index (Phi) is 9.34. The molecule has 1 aromatic carbocycles. The number of carbonyl (C=O) groups excluding carboxylic acids is 2. The number of carbonyl (C=O) groups is 2. The molecule has 5 nitrogen and oxygen atoms in total. The first-order valence-corrected chi connectivity index (χ1v) is 8.45. The van der Waals surface area contributed by atoms with Crippen LogP contribution in [0.3, 0.4) is 0 Å². The van der Waals surface area contributed by atoms with Crippen molar-refractivity contribution in [3.05, 3.63) is 35.9 Å². The van der Waals surface area contributed by atoms with Gasteiger partial charge in [-0.1, -0.05) is 30.3 Å². The molecule has 0 saturated heterocycles. The summed E-state index contributed by atoms with van der Waals surface area (Å²) in [7, 11) is 0. The predicted octanol–water partition coefficient (Wildman–Crippen LogP) is 2.13. The van der Waals surface area contributed by atoms with Crippen molar-refractivity contribution in [3.8, 4) is 0 Å². The molecule has 0 radical (unpaired) electrons. The van der Waals surface area contributed by atoms with Crippen LogP contribution in [-0.4, -0.2) is 36.1 Å². The van der Waals surface area contributed by atoms with Gasteiger partial charge >= 0.3 is 11.9 Å². The second-order valence-electron chi connectivity index (χ2n) is 4.77. The van der Waals surface area contributed by atoms with E-state index in [4.69, 9.17) is 15.2 Å². The smallest absolute Gasteiger partial charge is 0.315 e. The maximum absolute atomic E-state index is 11.6. The minimum absolute atomic E-state index is 0.135. The van der Waals surface area contributed by atoms with Gasteiger partial charge in [0.05, 0.1) is 12.4 Å². The third kappa shape index (κ3) is 8.69. The molecular formula is C16H23NO4S. The van der Waals surface area contributed by atoms with Gasteiger partial charge in [0.2, 0.25) is 0 Å². The van der Waals surface area contributed by atoms with Crippen molar-refractivity contribution in [2.75, 3.05) is 18.1 Å². The summed E-state index contributed by atoms with van der Waals surface area (Å²) < 4.78 is 10.00. The molecule has 0 amide bonds. The van der Waals surface area contributed by atoms with Crippen LogP contribution in [-0.2, 0) is 25.7 Å². The van der Waals surface area contributed by atoms with Crippen LogP contribution in [0.1, 0.15) is 25.3 Å². The predicted molar refractivity (Wildman–Crippen MR) is 87.4 cm³/mol. The van der Waals surface area contributed by atoms with Gasteiger partial charge in [-0.25, -0.2) is 0 Å². The van der Waals surface area contributed by atoms with Gasteiger partial charge in [-0.2, -0.15) is 0 Å². The van der Waals surface area contributed by atoms with Crippen molar-refractivity contribution in [3.63, 3.8) is 0 Å². The fraction of sp³-hybridized carbons (Fsp3) is 0.500. The lowest BCUT2D eigenvalue weighted by atomic mass is 10.2. The maximum Gasteiger partial charge on any atom is 0.315 e. The van der Waals surface area contributed by atoms with Crippen molar-refractivity contribution in [2.45, 2.75) is 32.4 Å². The summed E-state index contributed by atoms with van der Waals surface area (Å²) in [5.41, 5.74) is 6.87. The van der Waals surface area contributed by atoms with Gasteiger partial charge in [0.25, 0.3) is 0 Å². The fourth-order valence-corrected chi connectivity index (χ4v) is 2.53. The van der Waals surface area contributed by atoms with Crippen LogP contribution >= 0.6 is 11.8 Å². The first-order chi connectivity index (χ1) is 10.6. The largest absolute Gasteiger partial charge is 0.465 e. The average molecular weight is 325 g/mol. The van der Waals surface area contributed by atoms with Crippen LogP contribution in [0.25, 0.3) is 0 Å². The van der Waals surface area contributed by atoms with Gasteiger partial charge in [0, 0.05) is 18.2 Å². The number of ether oxygens (including phenoxy) is 2. The highest BCUT2D eigenvalue weighted by Crippen LogP contribution is 2.08. The van der Waals surface area contributed by atoms with E-state index < -0.39 is 0 Å². The van der Waals surface area contributed by atoms with Crippen LogP contribution in [0.15, 0.2) is 30.3 Å². The van der Waals surface area contributed by atoms with E-state index >= 15 is 0 Å². The molecule has 0 aromatic heterocycles. The Bertz CT molecular complexity index is 453. The van der Waals surface area contributed by atoms with E-state index in [9.17, 15) is 9.59 Å². The summed E-state index contributed by atoms with van der Waals surface area (Å²) in [6.07, 6.45) is 0.831. The normalized spacial score (nSPS) is 11.7. The molecule has 0 aliphatic heterocycles. The van der Waals surface area contributed by atoms with E-state index in [1.54, 1.807) is 6.92 Å². The molecule has 0 fully saturated rings. The molecule has 0 aliphatic rings. The summed E-state index contributed by atoms with van der Waals surface area (Å²) >= 11 is 1.42. The molecule has 0 aliphatic carbocycles. The average Bonchev–Trinajstić information content (AvgIpc) is 2.52. The number of hydrogen-bond donors (Lipinski definition) is 1. The van der Waals surface area contributed by atoms with E-state index in [1.807, 2.05) is 30.3 Å². The van der Waals surface area contributed by atoms with E-state index in [-0.39, 0.29) is 31.0 Å². The van der Waals surface area contributed by atoms with E-state index in [0.717, 1.165) is 5.56 Å². The van der Waals surface area contributed by atoms with Crippen LogP contribution in [0.4, 0.5) is 0 Å². The van der Waals surface area contributed by atoms with Gasteiger partial charge in [-0.3, -0.25) is 9.59 Å². The quantitative estimate of drug-likeness (QED) is 0.664. The van der Waals surface area contributed by atoms with Gasteiger partial charge in [-0.05, 0) is 18.9 Å². The van der Waals surface area contributed by atoms with Crippen molar-refractivity contribution >= 4 is 23.7 Å². The number of nitrogens with two attached hydrogens (primary N) is 1. The highest BCUT2D eigenvalue weighted by Gasteiger charge is 2.10. The number of esters is 2. The molecule has 1 rings (SSSR count). The molecule has 0 unspecified atom stereocenters. The first-order valence-electron chi connectivity index (χ1n) is 7.30. The summed E-state index contributed by atoms with van der Waals surface area (Å²) in [5.74, 6) is 0.418. The Hall–Kier alpha value is -1.53. The Labute approximate surface area is 135 Å². The van der Waals surface area contributed by atoms with E-state index in [0.29, 0.717) is 24.5 Å².